The summed E-state index contributed by atoms with van der Waals surface area (Å²) in [6.07, 6.45) is 2.72. The lowest BCUT2D eigenvalue weighted by molar-refractivity contribution is 0.300. The summed E-state index contributed by atoms with van der Waals surface area (Å²) in [5.41, 5.74) is 1.45. The molecule has 2 heteroatoms. The van der Waals surface area contributed by atoms with E-state index < -0.39 is 0 Å². The van der Waals surface area contributed by atoms with Crippen LogP contribution in [0.1, 0.15) is 18.4 Å². The normalized spacial score (nSPS) is 21.2. The van der Waals surface area contributed by atoms with Gasteiger partial charge in [0.25, 0.3) is 0 Å². The molecule has 0 aromatic heterocycles. The fraction of sp³-hybridized carbons (Fsp3) is 0.600. The molecule has 1 heterocycles. The average Bonchev–Trinajstić information content (AvgIpc) is 2.75. The first-order valence-electron chi connectivity index (χ1n) is 6.65. The van der Waals surface area contributed by atoms with Gasteiger partial charge in [-0.1, -0.05) is 30.3 Å². The second-order valence-electron chi connectivity index (χ2n) is 5.47. The summed E-state index contributed by atoms with van der Waals surface area (Å²) in [7, 11) is 4.33. The van der Waals surface area contributed by atoms with E-state index in [1.165, 1.54) is 38.0 Å². The van der Waals surface area contributed by atoms with Crippen LogP contribution < -0.4 is 0 Å². The number of rotatable bonds is 5. The van der Waals surface area contributed by atoms with E-state index in [0.29, 0.717) is 0 Å². The van der Waals surface area contributed by atoms with Crippen molar-refractivity contribution < 1.29 is 0 Å². The summed E-state index contributed by atoms with van der Waals surface area (Å²) < 4.78 is 0. The molecule has 94 valence electrons. The Labute approximate surface area is 105 Å². The van der Waals surface area contributed by atoms with Gasteiger partial charge in [0.1, 0.15) is 0 Å². The number of likely N-dealkylation sites (tertiary alicyclic amines) is 1. The molecule has 0 bridgehead atoms. The van der Waals surface area contributed by atoms with Crippen molar-refractivity contribution in [3.8, 4) is 0 Å². The average molecular weight is 232 g/mol. The summed E-state index contributed by atoms with van der Waals surface area (Å²) in [5, 5.41) is 0. The smallest absolute Gasteiger partial charge is 0.0233 e. The van der Waals surface area contributed by atoms with Crippen molar-refractivity contribution in [3.63, 3.8) is 0 Å². The molecular weight excluding hydrogens is 208 g/mol. The highest BCUT2D eigenvalue weighted by Crippen LogP contribution is 2.21. The number of benzene rings is 1. The zero-order valence-corrected chi connectivity index (χ0v) is 11.1. The Kier molecular flexibility index (Phi) is 4.57. The first kappa shape index (κ1) is 12.6. The van der Waals surface area contributed by atoms with Crippen molar-refractivity contribution >= 4 is 0 Å². The standard InChI is InChI=1S/C15H24N2/c1-16(2)10-8-15-9-11-17(13-15)12-14-6-4-3-5-7-14/h3-7,15H,8-13H2,1-2H3/t15-/m1/s1. The lowest BCUT2D eigenvalue weighted by Gasteiger charge is -2.17. The second-order valence-corrected chi connectivity index (χ2v) is 5.47. The Bertz CT molecular complexity index is 321. The van der Waals surface area contributed by atoms with Crippen LogP contribution in [0.15, 0.2) is 30.3 Å². The SMILES string of the molecule is CN(C)CC[C@@H]1CCN(Cc2ccccc2)C1. The molecule has 1 aromatic rings. The van der Waals surface area contributed by atoms with Crippen LogP contribution in [0.2, 0.25) is 0 Å². The third-order valence-corrected chi connectivity index (χ3v) is 3.60. The van der Waals surface area contributed by atoms with Gasteiger partial charge >= 0.3 is 0 Å². The molecule has 1 atom stereocenters. The minimum absolute atomic E-state index is 0.904. The Balaban J connectivity index is 1.74. The van der Waals surface area contributed by atoms with Gasteiger partial charge in [0.05, 0.1) is 0 Å². The van der Waals surface area contributed by atoms with E-state index in [2.05, 4.69) is 54.2 Å². The van der Waals surface area contributed by atoms with E-state index in [4.69, 9.17) is 0 Å². The van der Waals surface area contributed by atoms with Crippen LogP contribution in [0.5, 0.6) is 0 Å². The van der Waals surface area contributed by atoms with Crippen molar-refractivity contribution in [2.24, 2.45) is 5.92 Å². The van der Waals surface area contributed by atoms with E-state index in [9.17, 15) is 0 Å². The molecule has 0 unspecified atom stereocenters. The van der Waals surface area contributed by atoms with Crippen LogP contribution in [0.3, 0.4) is 0 Å². The lowest BCUT2D eigenvalue weighted by Crippen LogP contribution is -2.22. The molecule has 1 aliphatic rings. The van der Waals surface area contributed by atoms with Gasteiger partial charge in [-0.15, -0.1) is 0 Å². The molecule has 17 heavy (non-hydrogen) atoms. The molecule has 2 rings (SSSR count). The quantitative estimate of drug-likeness (QED) is 0.769. The Hall–Kier alpha value is -0.860. The van der Waals surface area contributed by atoms with Crippen molar-refractivity contribution in [3.05, 3.63) is 35.9 Å². The maximum Gasteiger partial charge on any atom is 0.0233 e. The van der Waals surface area contributed by atoms with E-state index in [0.717, 1.165) is 12.5 Å². The topological polar surface area (TPSA) is 6.48 Å². The highest BCUT2D eigenvalue weighted by molar-refractivity contribution is 5.14. The summed E-state index contributed by atoms with van der Waals surface area (Å²) in [4.78, 5) is 4.88. The van der Waals surface area contributed by atoms with Gasteiger partial charge in [-0.2, -0.15) is 0 Å². The molecule has 0 spiro atoms. The second kappa shape index (κ2) is 6.18. The Morgan fingerprint density at radius 1 is 1.24 bits per heavy atom. The van der Waals surface area contributed by atoms with Crippen molar-refractivity contribution in [2.75, 3.05) is 33.7 Å². The van der Waals surface area contributed by atoms with E-state index >= 15 is 0 Å². The molecule has 1 saturated heterocycles. The monoisotopic (exact) mass is 232 g/mol. The molecular formula is C15H24N2. The number of hydrogen-bond acceptors (Lipinski definition) is 2. The predicted molar refractivity (Wildman–Crippen MR) is 73.0 cm³/mol. The molecule has 0 radical (unpaired) electrons. The summed E-state index contributed by atoms with van der Waals surface area (Å²) in [6.45, 7) is 4.90. The fourth-order valence-electron chi connectivity index (χ4n) is 2.57. The fourth-order valence-corrected chi connectivity index (χ4v) is 2.57. The molecule has 1 fully saturated rings. The Morgan fingerprint density at radius 2 is 2.00 bits per heavy atom. The van der Waals surface area contributed by atoms with Crippen LogP contribution in [0, 0.1) is 5.92 Å². The van der Waals surface area contributed by atoms with Crippen molar-refractivity contribution in [1.29, 1.82) is 0 Å². The van der Waals surface area contributed by atoms with Crippen LogP contribution in [-0.4, -0.2) is 43.5 Å². The molecule has 0 aliphatic carbocycles. The van der Waals surface area contributed by atoms with Crippen LogP contribution >= 0.6 is 0 Å². The maximum atomic E-state index is 2.59. The summed E-state index contributed by atoms with van der Waals surface area (Å²) >= 11 is 0. The highest BCUT2D eigenvalue weighted by Gasteiger charge is 2.21. The summed E-state index contributed by atoms with van der Waals surface area (Å²) in [6, 6.07) is 10.8. The van der Waals surface area contributed by atoms with Gasteiger partial charge in [0.2, 0.25) is 0 Å². The van der Waals surface area contributed by atoms with Crippen molar-refractivity contribution in [1.82, 2.24) is 9.80 Å². The highest BCUT2D eigenvalue weighted by atomic mass is 15.1. The third-order valence-electron chi connectivity index (χ3n) is 3.60. The molecule has 1 aliphatic heterocycles. The largest absolute Gasteiger partial charge is 0.309 e. The molecule has 1 aromatic carbocycles. The van der Waals surface area contributed by atoms with E-state index in [1.54, 1.807) is 0 Å². The minimum atomic E-state index is 0.904. The first-order chi connectivity index (χ1) is 8.24. The molecule has 2 nitrogen and oxygen atoms in total. The maximum absolute atomic E-state index is 2.59. The Morgan fingerprint density at radius 3 is 2.71 bits per heavy atom. The van der Waals surface area contributed by atoms with Gasteiger partial charge in [-0.05, 0) is 51.5 Å². The van der Waals surface area contributed by atoms with Gasteiger partial charge in [0, 0.05) is 13.1 Å². The predicted octanol–water partition coefficient (Wildman–Crippen LogP) is 2.46. The minimum Gasteiger partial charge on any atom is -0.309 e. The lowest BCUT2D eigenvalue weighted by atomic mass is 10.1. The van der Waals surface area contributed by atoms with Crippen LogP contribution in [-0.2, 0) is 6.54 Å². The molecule has 0 N–H and O–H groups in total. The van der Waals surface area contributed by atoms with Crippen LogP contribution in [0.25, 0.3) is 0 Å². The van der Waals surface area contributed by atoms with Gasteiger partial charge in [0.15, 0.2) is 0 Å². The summed E-state index contributed by atoms with van der Waals surface area (Å²) in [5.74, 6) is 0.904. The van der Waals surface area contributed by atoms with Crippen molar-refractivity contribution in [2.45, 2.75) is 19.4 Å². The molecule has 0 amide bonds. The number of hydrogen-bond donors (Lipinski definition) is 0. The van der Waals surface area contributed by atoms with Gasteiger partial charge < -0.3 is 4.90 Å². The zero-order valence-electron chi connectivity index (χ0n) is 11.1. The first-order valence-corrected chi connectivity index (χ1v) is 6.65. The van der Waals surface area contributed by atoms with E-state index in [1.807, 2.05) is 0 Å². The van der Waals surface area contributed by atoms with Crippen LogP contribution in [0.4, 0.5) is 0 Å². The van der Waals surface area contributed by atoms with Gasteiger partial charge in [-0.3, -0.25) is 4.90 Å². The number of nitrogens with zero attached hydrogens (tertiary/aromatic N) is 2. The van der Waals surface area contributed by atoms with E-state index in [-0.39, 0.29) is 0 Å². The van der Waals surface area contributed by atoms with Gasteiger partial charge in [-0.25, -0.2) is 0 Å². The molecule has 0 saturated carbocycles. The third kappa shape index (κ3) is 4.14. The zero-order chi connectivity index (χ0) is 12.1.